The second kappa shape index (κ2) is 8.56. The second-order valence-corrected chi connectivity index (χ2v) is 9.09. The lowest BCUT2D eigenvalue weighted by atomic mass is 9.79. The number of nitriles is 1. The van der Waals surface area contributed by atoms with Gasteiger partial charge in [0.1, 0.15) is 11.9 Å². The Balaban J connectivity index is 1.80. The zero-order valence-electron chi connectivity index (χ0n) is 17.7. The summed E-state index contributed by atoms with van der Waals surface area (Å²) in [5.74, 6) is -0.689. The van der Waals surface area contributed by atoms with Gasteiger partial charge < -0.3 is 15.8 Å². The molecule has 1 saturated carbocycles. The van der Waals surface area contributed by atoms with Crippen LogP contribution >= 0.6 is 11.3 Å². The summed E-state index contributed by atoms with van der Waals surface area (Å²) in [7, 11) is 0. The van der Waals surface area contributed by atoms with Crippen LogP contribution < -0.4 is 11.1 Å². The molecule has 3 N–H and O–H groups in total. The molecule has 1 aliphatic carbocycles. The second-order valence-electron chi connectivity index (χ2n) is 8.21. The number of Topliss-reactive ketones (excluding diaryl/α,β-unsaturated/α-hetero) is 1. The average Bonchev–Trinajstić information content (AvgIpc) is 3.40. The van der Waals surface area contributed by atoms with Gasteiger partial charge in [0.15, 0.2) is 5.78 Å². The topological polar surface area (TPSA) is 105 Å². The van der Waals surface area contributed by atoms with E-state index < -0.39 is 11.9 Å². The maximum absolute atomic E-state index is 13.2. The van der Waals surface area contributed by atoms with Gasteiger partial charge in [-0.25, -0.2) is 4.79 Å². The molecule has 2 heterocycles. The van der Waals surface area contributed by atoms with Crippen molar-refractivity contribution in [1.29, 1.82) is 5.26 Å². The number of carbonyl (C=O) groups excluding carboxylic acids is 2. The number of fused-ring (bicyclic) bond motifs is 1. The number of hydrogen-bond acceptors (Lipinski definition) is 7. The molecule has 0 saturated heterocycles. The van der Waals surface area contributed by atoms with Gasteiger partial charge in [-0.15, -0.1) is 11.3 Å². The highest BCUT2D eigenvalue weighted by Gasteiger charge is 2.38. The third-order valence-corrected chi connectivity index (χ3v) is 7.23. The zero-order chi connectivity index (χ0) is 22.1. The molecule has 1 fully saturated rings. The first kappa shape index (κ1) is 21.1. The molecule has 1 aromatic carbocycles. The Morgan fingerprint density at radius 2 is 2.03 bits per heavy atom. The number of carbonyl (C=O) groups is 2. The number of benzene rings is 1. The van der Waals surface area contributed by atoms with Crippen molar-refractivity contribution >= 4 is 33.2 Å². The molecule has 7 heteroatoms. The van der Waals surface area contributed by atoms with Gasteiger partial charge in [-0.2, -0.15) is 5.26 Å². The summed E-state index contributed by atoms with van der Waals surface area (Å²) in [6.07, 6.45) is 4.45. The molecular formula is C24H25N3O3S. The maximum atomic E-state index is 13.2. The van der Waals surface area contributed by atoms with Gasteiger partial charge in [-0.1, -0.05) is 25.0 Å². The number of rotatable bonds is 5. The van der Waals surface area contributed by atoms with Crippen molar-refractivity contribution in [3.8, 4) is 6.07 Å². The van der Waals surface area contributed by atoms with Crippen molar-refractivity contribution in [2.45, 2.75) is 45.4 Å². The van der Waals surface area contributed by atoms with Crippen molar-refractivity contribution in [3.63, 3.8) is 0 Å². The largest absolute Gasteiger partial charge is 0.462 e. The molecule has 2 aliphatic rings. The summed E-state index contributed by atoms with van der Waals surface area (Å²) in [6, 6.07) is 7.70. The number of allylic oxidation sites excluding steroid dienone is 2. The molecule has 0 bridgehead atoms. The van der Waals surface area contributed by atoms with Gasteiger partial charge >= 0.3 is 5.97 Å². The van der Waals surface area contributed by atoms with Crippen LogP contribution in [-0.2, 0) is 14.3 Å². The number of nitrogens with one attached hydrogen (secondary N) is 1. The van der Waals surface area contributed by atoms with E-state index in [0.29, 0.717) is 29.4 Å². The predicted molar refractivity (Wildman–Crippen MR) is 120 cm³/mol. The standard InChI is InChI=1S/C24H25N3O3S/c1-13-19(14(2)28)20(18-12-31-22-16(10-25)8-5-9-17(18)22)21(23(26)27-13)24(29)30-11-15-6-3-4-7-15/h5,8-9,12,15,20,27H,3-4,6-7,11,26H2,1-2H3. The highest BCUT2D eigenvalue weighted by atomic mass is 32.1. The fourth-order valence-electron chi connectivity index (χ4n) is 4.70. The number of nitrogens with two attached hydrogens (primary N) is 1. The minimum absolute atomic E-state index is 0.139. The molecule has 31 heavy (non-hydrogen) atoms. The third kappa shape index (κ3) is 3.84. The summed E-state index contributed by atoms with van der Waals surface area (Å²) >= 11 is 1.43. The Kier molecular flexibility index (Phi) is 5.84. The van der Waals surface area contributed by atoms with Crippen LogP contribution in [-0.4, -0.2) is 18.4 Å². The number of thiophene rings is 1. The fourth-order valence-corrected chi connectivity index (χ4v) is 5.76. The monoisotopic (exact) mass is 435 g/mol. The first-order chi connectivity index (χ1) is 14.9. The number of hydrogen-bond donors (Lipinski definition) is 2. The summed E-state index contributed by atoms with van der Waals surface area (Å²) in [4.78, 5) is 25.9. The molecule has 0 radical (unpaired) electrons. The normalized spacial score (nSPS) is 19.5. The lowest BCUT2D eigenvalue weighted by Gasteiger charge is -2.30. The summed E-state index contributed by atoms with van der Waals surface area (Å²) < 4.78 is 6.51. The third-order valence-electron chi connectivity index (χ3n) is 6.18. The Morgan fingerprint density at radius 1 is 1.29 bits per heavy atom. The first-order valence-corrected chi connectivity index (χ1v) is 11.4. The number of dihydropyridines is 1. The van der Waals surface area contributed by atoms with Crippen molar-refractivity contribution in [2.24, 2.45) is 11.7 Å². The molecule has 6 nitrogen and oxygen atoms in total. The zero-order valence-corrected chi connectivity index (χ0v) is 18.5. The van der Waals surface area contributed by atoms with Crippen molar-refractivity contribution < 1.29 is 14.3 Å². The Labute approximate surface area is 185 Å². The van der Waals surface area contributed by atoms with Crippen LogP contribution in [0.15, 0.2) is 46.2 Å². The van der Waals surface area contributed by atoms with Crippen LogP contribution in [0.5, 0.6) is 0 Å². The summed E-state index contributed by atoms with van der Waals surface area (Å²) in [6.45, 7) is 3.64. The van der Waals surface area contributed by atoms with E-state index in [1.165, 1.54) is 18.3 Å². The van der Waals surface area contributed by atoms with E-state index in [2.05, 4.69) is 11.4 Å². The number of ether oxygens (including phenoxy) is 1. The van der Waals surface area contributed by atoms with E-state index in [-0.39, 0.29) is 17.2 Å². The number of esters is 1. The molecular weight excluding hydrogens is 410 g/mol. The van der Waals surface area contributed by atoms with Gasteiger partial charge in [-0.3, -0.25) is 4.79 Å². The van der Waals surface area contributed by atoms with Crippen LogP contribution in [0.3, 0.4) is 0 Å². The van der Waals surface area contributed by atoms with Crippen molar-refractivity contribution in [1.82, 2.24) is 5.32 Å². The highest BCUT2D eigenvalue weighted by Crippen LogP contribution is 2.43. The lowest BCUT2D eigenvalue weighted by Crippen LogP contribution is -2.35. The van der Waals surface area contributed by atoms with Crippen LogP contribution in [0, 0.1) is 17.2 Å². The van der Waals surface area contributed by atoms with E-state index >= 15 is 0 Å². The van der Waals surface area contributed by atoms with E-state index in [0.717, 1.165) is 41.3 Å². The molecule has 1 aromatic heterocycles. The molecule has 1 unspecified atom stereocenters. The lowest BCUT2D eigenvalue weighted by molar-refractivity contribution is -0.140. The smallest absolute Gasteiger partial charge is 0.338 e. The molecule has 2 aromatic rings. The van der Waals surface area contributed by atoms with Gasteiger partial charge in [0, 0.05) is 11.3 Å². The summed E-state index contributed by atoms with van der Waals surface area (Å²) in [5.41, 5.74) is 9.02. The molecule has 0 amide bonds. The maximum Gasteiger partial charge on any atom is 0.338 e. The van der Waals surface area contributed by atoms with Gasteiger partial charge in [-0.05, 0) is 55.0 Å². The average molecular weight is 436 g/mol. The Hall–Kier alpha value is -3.11. The van der Waals surface area contributed by atoms with Gasteiger partial charge in [0.25, 0.3) is 0 Å². The van der Waals surface area contributed by atoms with Gasteiger partial charge in [0.2, 0.25) is 0 Å². The van der Waals surface area contributed by atoms with E-state index in [1.54, 1.807) is 13.0 Å². The SMILES string of the molecule is CC(=O)C1=C(C)NC(N)=C(C(=O)OCC2CCCC2)C1c1csc2c(C#N)cccc12. The van der Waals surface area contributed by atoms with Crippen molar-refractivity contribution in [3.05, 3.63) is 57.4 Å². The summed E-state index contributed by atoms with van der Waals surface area (Å²) in [5, 5.41) is 15.2. The van der Waals surface area contributed by atoms with E-state index in [4.69, 9.17) is 10.5 Å². The minimum atomic E-state index is -0.641. The Morgan fingerprint density at radius 3 is 2.71 bits per heavy atom. The molecule has 0 spiro atoms. The quantitative estimate of drug-likeness (QED) is 0.681. The van der Waals surface area contributed by atoms with Crippen molar-refractivity contribution in [2.75, 3.05) is 6.61 Å². The van der Waals surface area contributed by atoms with Gasteiger partial charge in [0.05, 0.1) is 28.4 Å². The van der Waals surface area contributed by atoms with Crippen LogP contribution in [0.1, 0.15) is 56.6 Å². The molecule has 1 atom stereocenters. The highest BCUT2D eigenvalue weighted by molar-refractivity contribution is 7.17. The Bertz CT molecular complexity index is 1160. The van der Waals surface area contributed by atoms with Crippen LogP contribution in [0.4, 0.5) is 0 Å². The van der Waals surface area contributed by atoms with Crippen LogP contribution in [0.25, 0.3) is 10.1 Å². The molecule has 1 aliphatic heterocycles. The van der Waals surface area contributed by atoms with E-state index in [1.807, 2.05) is 17.5 Å². The predicted octanol–water partition coefficient (Wildman–Crippen LogP) is 4.23. The first-order valence-electron chi connectivity index (χ1n) is 10.5. The fraction of sp³-hybridized carbons (Fsp3) is 0.375. The number of ketones is 1. The van der Waals surface area contributed by atoms with E-state index in [9.17, 15) is 14.9 Å². The molecule has 4 rings (SSSR count). The molecule has 160 valence electrons. The van der Waals surface area contributed by atoms with Crippen LogP contribution in [0.2, 0.25) is 0 Å². The number of nitrogens with zero attached hydrogens (tertiary/aromatic N) is 1. The minimum Gasteiger partial charge on any atom is -0.462 e.